The molecule has 0 spiro atoms. The van der Waals surface area contributed by atoms with Crippen molar-refractivity contribution in [2.24, 2.45) is 0 Å². The van der Waals surface area contributed by atoms with Gasteiger partial charge in [-0.15, -0.1) is 22.7 Å². The summed E-state index contributed by atoms with van der Waals surface area (Å²) >= 11 is 3.38. The van der Waals surface area contributed by atoms with Gasteiger partial charge in [-0.3, -0.25) is 10.1 Å². The number of ether oxygens (including phenoxy) is 4. The fourth-order valence-corrected chi connectivity index (χ4v) is 8.32. The van der Waals surface area contributed by atoms with Crippen LogP contribution in [0.5, 0.6) is 11.5 Å². The van der Waals surface area contributed by atoms with Gasteiger partial charge in [0.2, 0.25) is 0 Å². The molecule has 6 rings (SSSR count). The number of unbranched alkanes of at least 4 members (excludes halogenated alkanes) is 8. The van der Waals surface area contributed by atoms with Gasteiger partial charge in [-0.25, -0.2) is 19.6 Å². The van der Waals surface area contributed by atoms with Gasteiger partial charge in [0, 0.05) is 29.1 Å². The zero-order valence-electron chi connectivity index (χ0n) is 41.1. The third kappa shape index (κ3) is 19.6. The maximum atomic E-state index is 11.3. The Morgan fingerprint density at radius 2 is 1.04 bits per heavy atom. The first-order valence-corrected chi connectivity index (χ1v) is 25.2. The first-order chi connectivity index (χ1) is 32.9. The van der Waals surface area contributed by atoms with E-state index in [4.69, 9.17) is 14.2 Å². The number of hydrogen-bond donors (Lipinski definition) is 1. The van der Waals surface area contributed by atoms with Gasteiger partial charge in [-0.1, -0.05) is 125 Å². The first-order valence-electron chi connectivity index (χ1n) is 23.6. The highest BCUT2D eigenvalue weighted by Crippen LogP contribution is 2.34. The Labute approximate surface area is 412 Å². The fraction of sp³-hybridized carbons (Fsp3) is 0.375. The van der Waals surface area contributed by atoms with Crippen molar-refractivity contribution in [3.8, 4) is 53.5 Å². The number of aldehydes is 1. The summed E-state index contributed by atoms with van der Waals surface area (Å²) in [6.45, 7) is 15.0. The van der Waals surface area contributed by atoms with Gasteiger partial charge in [-0.05, 0) is 107 Å². The summed E-state index contributed by atoms with van der Waals surface area (Å²) in [6, 6.07) is 32.6. The van der Waals surface area contributed by atoms with Crippen LogP contribution in [0.1, 0.15) is 122 Å². The molecule has 0 aliphatic carbocycles. The third-order valence-electron chi connectivity index (χ3n) is 10.2. The lowest BCUT2D eigenvalue weighted by Gasteiger charge is -2.19. The summed E-state index contributed by atoms with van der Waals surface area (Å²) in [6.07, 6.45) is 18.0. The van der Waals surface area contributed by atoms with Crippen molar-refractivity contribution in [3.05, 3.63) is 132 Å². The molecule has 6 aromatic rings. The van der Waals surface area contributed by atoms with Crippen molar-refractivity contribution in [1.82, 2.24) is 15.3 Å². The van der Waals surface area contributed by atoms with Crippen molar-refractivity contribution in [2.45, 2.75) is 118 Å². The summed E-state index contributed by atoms with van der Waals surface area (Å²) in [4.78, 5) is 44.5. The molecule has 12 heteroatoms. The van der Waals surface area contributed by atoms with Crippen molar-refractivity contribution in [1.29, 1.82) is 0 Å². The number of benzene rings is 4. The van der Waals surface area contributed by atoms with E-state index in [1.165, 1.54) is 86.1 Å². The van der Waals surface area contributed by atoms with Crippen LogP contribution in [-0.2, 0) is 14.3 Å². The second-order valence-corrected chi connectivity index (χ2v) is 19.1. The van der Waals surface area contributed by atoms with Gasteiger partial charge >= 0.3 is 12.1 Å². The van der Waals surface area contributed by atoms with E-state index < -0.39 is 17.7 Å². The van der Waals surface area contributed by atoms with Crippen LogP contribution in [0, 0.1) is 6.92 Å². The number of carbonyl (C=O) groups excluding carboxylic acids is 3. The quantitative estimate of drug-likeness (QED) is 0.0325. The molecule has 4 aromatic carbocycles. The standard InChI is InChI=1S/C23H25NO2S.C23H27NOS.C10H17NO4/c1-2-3-4-5-6-15-26-21-13-11-19(12-14-21)22-16-24-23(27-22)20-9-7-18(17-25)8-10-20;1-3-4-5-6-7-16-25-21-14-12-19(13-15-21)22-17-24-23(26-22)20-10-8-18(2)9-11-20;1-6-7(8(12)14-5)11-9(13)15-10(2,3)4/h7-14,16-17H,2-6,15H2,1H3;8-15,17H,3-7,16H2,1-2H3;6H,1-5H3,(H,11,13)/b;;7-6-. The van der Waals surface area contributed by atoms with Crippen LogP contribution in [0.4, 0.5) is 4.79 Å². The van der Waals surface area contributed by atoms with Crippen molar-refractivity contribution in [2.75, 3.05) is 20.3 Å². The number of alkyl carbamates (subject to hydrolysis) is 1. The number of allylic oxidation sites excluding steroid dienone is 1. The molecule has 0 saturated carbocycles. The predicted molar refractivity (Wildman–Crippen MR) is 280 cm³/mol. The van der Waals surface area contributed by atoms with Crippen LogP contribution in [0.25, 0.3) is 42.0 Å². The Morgan fingerprint density at radius 3 is 1.44 bits per heavy atom. The molecule has 0 saturated heterocycles. The number of hydrogen-bond acceptors (Lipinski definition) is 11. The smallest absolute Gasteiger partial charge is 0.412 e. The molecule has 0 radical (unpaired) electrons. The average molecular weight is 960 g/mol. The number of thiazole rings is 2. The Bertz CT molecular complexity index is 2420. The Balaban J connectivity index is 0.000000233. The Morgan fingerprint density at radius 1 is 0.618 bits per heavy atom. The zero-order chi connectivity index (χ0) is 49.2. The van der Waals surface area contributed by atoms with Crippen LogP contribution in [-0.4, -0.2) is 54.2 Å². The first kappa shape index (κ1) is 54.5. The molecule has 2 aromatic heterocycles. The molecular weight excluding hydrogens is 891 g/mol. The zero-order valence-corrected chi connectivity index (χ0v) is 42.7. The Kier molecular flexibility index (Phi) is 23.7. The van der Waals surface area contributed by atoms with Crippen LogP contribution < -0.4 is 14.8 Å². The minimum absolute atomic E-state index is 0.0618. The molecule has 10 nitrogen and oxygen atoms in total. The second-order valence-electron chi connectivity index (χ2n) is 17.1. The number of nitrogens with zero attached hydrogens (tertiary/aromatic N) is 2. The molecule has 0 atom stereocenters. The molecule has 1 N–H and O–H groups in total. The highest BCUT2D eigenvalue weighted by Gasteiger charge is 2.19. The van der Waals surface area contributed by atoms with E-state index in [9.17, 15) is 14.4 Å². The maximum absolute atomic E-state index is 11.3. The van der Waals surface area contributed by atoms with E-state index >= 15 is 0 Å². The summed E-state index contributed by atoms with van der Waals surface area (Å²) in [5, 5.41) is 4.32. The molecule has 68 heavy (non-hydrogen) atoms. The number of aromatic nitrogens is 2. The Hall–Kier alpha value is -6.11. The number of methoxy groups -OCH3 is 1. The van der Waals surface area contributed by atoms with Gasteiger partial charge in [-0.2, -0.15) is 0 Å². The number of amides is 1. The second kappa shape index (κ2) is 29.6. The van der Waals surface area contributed by atoms with E-state index in [1.54, 1.807) is 50.4 Å². The van der Waals surface area contributed by atoms with Crippen LogP contribution in [0.3, 0.4) is 0 Å². The lowest BCUT2D eigenvalue weighted by Crippen LogP contribution is -2.34. The van der Waals surface area contributed by atoms with E-state index in [-0.39, 0.29) is 5.70 Å². The van der Waals surface area contributed by atoms with E-state index in [2.05, 4.69) is 101 Å². The number of rotatable bonds is 21. The normalized spacial score (nSPS) is 11.0. The van der Waals surface area contributed by atoms with Crippen molar-refractivity contribution >= 4 is 41.0 Å². The van der Waals surface area contributed by atoms with Gasteiger partial charge in [0.05, 0.1) is 30.1 Å². The molecule has 0 unspecified atom stereocenters. The van der Waals surface area contributed by atoms with Crippen LogP contribution in [0.15, 0.2) is 121 Å². The highest BCUT2D eigenvalue weighted by molar-refractivity contribution is 7.18. The molecule has 362 valence electrons. The monoisotopic (exact) mass is 959 g/mol. The lowest BCUT2D eigenvalue weighted by atomic mass is 10.1. The molecule has 0 fully saturated rings. The minimum atomic E-state index is -0.680. The topological polar surface area (TPSA) is 126 Å². The summed E-state index contributed by atoms with van der Waals surface area (Å²) in [5.74, 6) is 1.26. The van der Waals surface area contributed by atoms with Crippen molar-refractivity contribution in [3.63, 3.8) is 0 Å². The average Bonchev–Trinajstić information content (AvgIpc) is 4.05. The lowest BCUT2D eigenvalue weighted by molar-refractivity contribution is -0.136. The summed E-state index contributed by atoms with van der Waals surface area (Å²) in [5.41, 5.74) is 5.94. The number of nitrogens with one attached hydrogen (secondary N) is 1. The molecule has 0 bridgehead atoms. The SMILES string of the molecule is C/C=C(\NC(=O)OC(C)(C)C)C(=O)OC.CCCCCCCOc1ccc(-c2cnc(-c3ccc(C)cc3)s2)cc1.CCCCCCCOc1ccc(-c2cnc(-c3ccc(C=O)cc3)s2)cc1. The maximum Gasteiger partial charge on any atom is 0.412 e. The number of esters is 1. The molecule has 2 heterocycles. The molecule has 0 aliphatic rings. The highest BCUT2D eigenvalue weighted by atomic mass is 32.1. The van der Waals surface area contributed by atoms with E-state index in [1.807, 2.05) is 48.8 Å². The van der Waals surface area contributed by atoms with Crippen molar-refractivity contribution < 1.29 is 33.3 Å². The van der Waals surface area contributed by atoms with Gasteiger partial charge < -0.3 is 18.9 Å². The number of carbonyl (C=O) groups is 3. The largest absolute Gasteiger partial charge is 0.494 e. The van der Waals surface area contributed by atoms with E-state index in [0.29, 0.717) is 5.56 Å². The minimum Gasteiger partial charge on any atom is -0.494 e. The number of aryl methyl sites for hydroxylation is 1. The molecular formula is C56H69N3O7S2. The summed E-state index contributed by atoms with van der Waals surface area (Å²) < 4.78 is 21.1. The van der Waals surface area contributed by atoms with Crippen LogP contribution >= 0.6 is 22.7 Å². The van der Waals surface area contributed by atoms with Crippen LogP contribution in [0.2, 0.25) is 0 Å². The van der Waals surface area contributed by atoms with Gasteiger partial charge in [0.15, 0.2) is 0 Å². The molecule has 1 amide bonds. The van der Waals surface area contributed by atoms with E-state index in [0.717, 1.165) is 69.9 Å². The molecule has 0 aliphatic heterocycles. The van der Waals surface area contributed by atoms with Gasteiger partial charge in [0.1, 0.15) is 39.1 Å². The predicted octanol–water partition coefficient (Wildman–Crippen LogP) is 15.4. The fourth-order valence-electron chi connectivity index (χ4n) is 6.47. The third-order valence-corrected chi connectivity index (χ3v) is 12.4. The van der Waals surface area contributed by atoms with Gasteiger partial charge in [0.25, 0.3) is 0 Å². The summed E-state index contributed by atoms with van der Waals surface area (Å²) in [7, 11) is 1.24.